The van der Waals surface area contributed by atoms with Gasteiger partial charge in [0.1, 0.15) is 5.82 Å². The number of hydrogen-bond donors (Lipinski definition) is 5. The standard InChI is InChI=1S/C18H22N8/c1-4-13-15(22-10-21-13)7-11(1)9-20-18-19-6-5-16(24-18)23-17-8-14(25-26-17)12-2-3-12/h1,4-7,10,12,14,17,25-26H,2-3,8-9H2,(H,21,22)(H2,19,20,23,24). The molecule has 8 nitrogen and oxygen atoms in total. The number of fused-ring (bicyclic) bond motifs is 1. The molecule has 1 saturated carbocycles. The minimum atomic E-state index is 0.200. The molecule has 1 aliphatic carbocycles. The van der Waals surface area contributed by atoms with Crippen LogP contribution in [0.15, 0.2) is 36.8 Å². The molecule has 3 heterocycles. The molecule has 0 amide bonds. The van der Waals surface area contributed by atoms with E-state index in [1.54, 1.807) is 12.5 Å². The summed E-state index contributed by atoms with van der Waals surface area (Å²) in [5, 5.41) is 6.72. The van der Waals surface area contributed by atoms with Gasteiger partial charge in [0.05, 0.1) is 23.5 Å². The average Bonchev–Trinajstić information content (AvgIpc) is 3.23. The molecule has 2 aliphatic rings. The van der Waals surface area contributed by atoms with Crippen LogP contribution in [0.25, 0.3) is 11.0 Å². The molecule has 1 saturated heterocycles. The summed E-state index contributed by atoms with van der Waals surface area (Å²) in [6.45, 7) is 0.658. The molecule has 2 aromatic heterocycles. The third-order valence-electron chi connectivity index (χ3n) is 5.04. The van der Waals surface area contributed by atoms with Crippen molar-refractivity contribution in [2.45, 2.75) is 38.0 Å². The number of nitrogens with zero attached hydrogens (tertiary/aromatic N) is 3. The molecule has 0 bridgehead atoms. The van der Waals surface area contributed by atoms with E-state index in [-0.39, 0.29) is 6.17 Å². The van der Waals surface area contributed by atoms with Gasteiger partial charge in [-0.1, -0.05) is 6.07 Å². The van der Waals surface area contributed by atoms with Crippen molar-refractivity contribution in [3.63, 3.8) is 0 Å². The molecule has 2 fully saturated rings. The average molecular weight is 350 g/mol. The fourth-order valence-corrected chi connectivity index (χ4v) is 3.46. The highest BCUT2D eigenvalue weighted by molar-refractivity contribution is 5.75. The van der Waals surface area contributed by atoms with Crippen molar-refractivity contribution in [3.8, 4) is 0 Å². The Morgan fingerprint density at radius 2 is 2.08 bits per heavy atom. The monoisotopic (exact) mass is 350 g/mol. The van der Waals surface area contributed by atoms with Gasteiger partial charge in [0.15, 0.2) is 0 Å². The Bertz CT molecular complexity index is 903. The zero-order valence-corrected chi connectivity index (χ0v) is 14.4. The maximum Gasteiger partial charge on any atom is 0.224 e. The topological polar surface area (TPSA) is 103 Å². The molecule has 1 aliphatic heterocycles. The summed E-state index contributed by atoms with van der Waals surface area (Å²) >= 11 is 0. The van der Waals surface area contributed by atoms with Crippen LogP contribution in [0, 0.1) is 5.92 Å². The Morgan fingerprint density at radius 1 is 1.12 bits per heavy atom. The van der Waals surface area contributed by atoms with Crippen molar-refractivity contribution >= 4 is 22.8 Å². The molecule has 0 spiro atoms. The van der Waals surface area contributed by atoms with Gasteiger partial charge in [-0.3, -0.25) is 5.43 Å². The van der Waals surface area contributed by atoms with Crippen molar-refractivity contribution in [3.05, 3.63) is 42.4 Å². The zero-order valence-electron chi connectivity index (χ0n) is 14.4. The maximum atomic E-state index is 4.57. The third kappa shape index (κ3) is 3.33. The predicted molar refractivity (Wildman–Crippen MR) is 100 cm³/mol. The second-order valence-electron chi connectivity index (χ2n) is 7.04. The quantitative estimate of drug-likeness (QED) is 0.463. The van der Waals surface area contributed by atoms with Crippen LogP contribution < -0.4 is 21.5 Å². The first-order valence-corrected chi connectivity index (χ1v) is 9.10. The minimum Gasteiger partial charge on any atom is -0.353 e. The van der Waals surface area contributed by atoms with Crippen LogP contribution in [0.2, 0.25) is 0 Å². The number of hydrogen-bond acceptors (Lipinski definition) is 7. The second kappa shape index (κ2) is 6.54. The molecule has 0 radical (unpaired) electrons. The number of aromatic amines is 1. The van der Waals surface area contributed by atoms with Gasteiger partial charge in [-0.25, -0.2) is 15.4 Å². The molecule has 1 aromatic carbocycles. The van der Waals surface area contributed by atoms with E-state index < -0.39 is 0 Å². The summed E-state index contributed by atoms with van der Waals surface area (Å²) in [6.07, 6.45) is 7.44. The maximum absolute atomic E-state index is 4.57. The van der Waals surface area contributed by atoms with Crippen LogP contribution in [0.5, 0.6) is 0 Å². The Hall–Kier alpha value is -2.71. The van der Waals surface area contributed by atoms with E-state index >= 15 is 0 Å². The number of rotatable bonds is 6. The Morgan fingerprint density at radius 3 is 3.00 bits per heavy atom. The van der Waals surface area contributed by atoms with E-state index in [0.717, 1.165) is 34.8 Å². The number of hydrazine groups is 1. The van der Waals surface area contributed by atoms with Crippen molar-refractivity contribution in [1.29, 1.82) is 0 Å². The van der Waals surface area contributed by atoms with Crippen LogP contribution in [-0.4, -0.2) is 32.1 Å². The molecule has 5 N–H and O–H groups in total. The minimum absolute atomic E-state index is 0.200. The number of anilines is 2. The lowest BCUT2D eigenvalue weighted by molar-refractivity contribution is 0.502. The van der Waals surface area contributed by atoms with E-state index in [9.17, 15) is 0 Å². The third-order valence-corrected chi connectivity index (χ3v) is 5.04. The van der Waals surface area contributed by atoms with Gasteiger partial charge in [-0.2, -0.15) is 4.98 Å². The molecule has 5 rings (SSSR count). The summed E-state index contributed by atoms with van der Waals surface area (Å²) < 4.78 is 0. The normalized spacial score (nSPS) is 22.6. The van der Waals surface area contributed by atoms with Gasteiger partial charge < -0.3 is 15.6 Å². The van der Waals surface area contributed by atoms with Crippen molar-refractivity contribution < 1.29 is 0 Å². The van der Waals surface area contributed by atoms with Crippen molar-refractivity contribution in [2.24, 2.45) is 5.92 Å². The highest BCUT2D eigenvalue weighted by Crippen LogP contribution is 2.35. The summed E-state index contributed by atoms with van der Waals surface area (Å²) in [6, 6.07) is 8.63. The molecule has 3 aromatic rings. The number of aromatic nitrogens is 4. The van der Waals surface area contributed by atoms with Crippen LogP contribution in [0.3, 0.4) is 0 Å². The lowest BCUT2D eigenvalue weighted by atomic mass is 10.1. The van der Waals surface area contributed by atoms with Gasteiger partial charge >= 0.3 is 0 Å². The summed E-state index contributed by atoms with van der Waals surface area (Å²) in [5.74, 6) is 2.27. The first kappa shape index (κ1) is 15.5. The first-order chi connectivity index (χ1) is 12.8. The molecule has 134 valence electrons. The fraction of sp³-hybridized carbons (Fsp3) is 0.389. The second-order valence-corrected chi connectivity index (χ2v) is 7.04. The van der Waals surface area contributed by atoms with Crippen LogP contribution in [-0.2, 0) is 6.54 Å². The lowest BCUT2D eigenvalue weighted by Gasteiger charge is -2.13. The van der Waals surface area contributed by atoms with Gasteiger partial charge in [-0.05, 0) is 48.9 Å². The van der Waals surface area contributed by atoms with Crippen LogP contribution >= 0.6 is 0 Å². The molecular formula is C18H22N8. The van der Waals surface area contributed by atoms with Crippen molar-refractivity contribution in [1.82, 2.24) is 30.8 Å². The first-order valence-electron chi connectivity index (χ1n) is 9.10. The molecule has 2 atom stereocenters. The van der Waals surface area contributed by atoms with E-state index in [2.05, 4.69) is 53.6 Å². The molecule has 8 heteroatoms. The van der Waals surface area contributed by atoms with E-state index in [0.29, 0.717) is 18.5 Å². The Kier molecular flexibility index (Phi) is 3.91. The largest absolute Gasteiger partial charge is 0.353 e. The van der Waals surface area contributed by atoms with Gasteiger partial charge in [0, 0.05) is 18.8 Å². The number of H-pyrrole nitrogens is 1. The Balaban J connectivity index is 1.20. The summed E-state index contributed by atoms with van der Waals surface area (Å²) in [4.78, 5) is 16.3. The van der Waals surface area contributed by atoms with E-state index in [1.807, 2.05) is 12.1 Å². The van der Waals surface area contributed by atoms with Crippen LogP contribution in [0.1, 0.15) is 24.8 Å². The Labute approximate surface area is 151 Å². The molecule has 2 unspecified atom stereocenters. The highest BCUT2D eigenvalue weighted by atomic mass is 15.5. The number of nitrogens with one attached hydrogen (secondary N) is 5. The van der Waals surface area contributed by atoms with Gasteiger partial charge in [-0.15, -0.1) is 0 Å². The summed E-state index contributed by atoms with van der Waals surface area (Å²) in [7, 11) is 0. The van der Waals surface area contributed by atoms with E-state index in [4.69, 9.17) is 0 Å². The van der Waals surface area contributed by atoms with Gasteiger partial charge in [0.25, 0.3) is 0 Å². The number of imidazole rings is 1. The SMILES string of the molecule is c1cc(NC2CC(C3CC3)NN2)nc(NCc2ccc3nc[nH]c3c2)n1. The van der Waals surface area contributed by atoms with Crippen LogP contribution in [0.4, 0.5) is 11.8 Å². The molecular weight excluding hydrogens is 328 g/mol. The molecule has 26 heavy (non-hydrogen) atoms. The zero-order chi connectivity index (χ0) is 17.3. The van der Waals surface area contributed by atoms with E-state index in [1.165, 1.54) is 12.8 Å². The predicted octanol–water partition coefficient (Wildman–Crippen LogP) is 1.98. The number of benzene rings is 1. The van der Waals surface area contributed by atoms with Gasteiger partial charge in [0.2, 0.25) is 5.95 Å². The summed E-state index contributed by atoms with van der Waals surface area (Å²) in [5.41, 5.74) is 9.85. The lowest BCUT2D eigenvalue weighted by Crippen LogP contribution is -2.37. The van der Waals surface area contributed by atoms with Crippen molar-refractivity contribution in [2.75, 3.05) is 10.6 Å². The fourth-order valence-electron chi connectivity index (χ4n) is 3.46. The smallest absolute Gasteiger partial charge is 0.224 e. The highest BCUT2D eigenvalue weighted by Gasteiger charge is 2.36.